The van der Waals surface area contributed by atoms with E-state index in [1.807, 2.05) is 45.0 Å². The number of fused-ring (bicyclic) bond motifs is 1. The molecule has 22 heavy (non-hydrogen) atoms. The van der Waals surface area contributed by atoms with Gasteiger partial charge in [0.1, 0.15) is 12.0 Å². The maximum atomic E-state index is 13.7. The summed E-state index contributed by atoms with van der Waals surface area (Å²) in [5.74, 6) is -0.408. The largest absolute Gasteiger partial charge is 0.360 e. The Kier molecular flexibility index (Phi) is 3.38. The maximum absolute atomic E-state index is 13.7. The molecule has 1 heterocycles. The van der Waals surface area contributed by atoms with E-state index in [9.17, 15) is 4.39 Å². The van der Waals surface area contributed by atoms with Gasteiger partial charge in [0.2, 0.25) is 0 Å². The smallest absolute Gasteiger partial charge is 0.126 e. The predicted octanol–water partition coefficient (Wildman–Crippen LogP) is 4.39. The highest BCUT2D eigenvalue weighted by Gasteiger charge is 2.31. The second kappa shape index (κ2) is 5.11. The highest BCUT2D eigenvalue weighted by molar-refractivity contribution is 5.71. The van der Waals surface area contributed by atoms with Gasteiger partial charge in [-0.15, -0.1) is 0 Å². The monoisotopic (exact) mass is 296 g/mol. The third-order valence-electron chi connectivity index (χ3n) is 3.86. The van der Waals surface area contributed by atoms with E-state index < -0.39 is 11.4 Å². The summed E-state index contributed by atoms with van der Waals surface area (Å²) in [6.07, 6.45) is -0.0623. The molecule has 0 spiro atoms. The first-order chi connectivity index (χ1) is 10.4. The van der Waals surface area contributed by atoms with Gasteiger partial charge in [-0.3, -0.25) is 0 Å². The number of rotatable bonds is 1. The van der Waals surface area contributed by atoms with Gasteiger partial charge >= 0.3 is 0 Å². The van der Waals surface area contributed by atoms with Gasteiger partial charge in [-0.1, -0.05) is 6.07 Å². The molecular weight excluding hydrogens is 279 g/mol. The summed E-state index contributed by atoms with van der Waals surface area (Å²) in [5, 5.41) is 12.3. The number of hydrogen-bond donors (Lipinski definition) is 1. The van der Waals surface area contributed by atoms with E-state index in [0.29, 0.717) is 11.1 Å². The Morgan fingerprint density at radius 1 is 1.18 bits per heavy atom. The molecule has 3 rings (SSSR count). The molecule has 3 nitrogen and oxygen atoms in total. The molecule has 1 N–H and O–H groups in total. The van der Waals surface area contributed by atoms with Gasteiger partial charge in [0, 0.05) is 11.3 Å². The first-order valence-electron chi connectivity index (χ1n) is 7.19. The number of halogens is 1. The maximum Gasteiger partial charge on any atom is 0.126 e. The van der Waals surface area contributed by atoms with Crippen LogP contribution in [-0.2, 0) is 10.3 Å². The van der Waals surface area contributed by atoms with Crippen molar-refractivity contribution < 1.29 is 9.13 Å². The van der Waals surface area contributed by atoms with Gasteiger partial charge in [0.25, 0.3) is 0 Å². The molecule has 0 aromatic heterocycles. The van der Waals surface area contributed by atoms with Crippen LogP contribution in [0.5, 0.6) is 0 Å². The van der Waals surface area contributed by atoms with E-state index in [1.54, 1.807) is 6.07 Å². The van der Waals surface area contributed by atoms with Crippen LogP contribution < -0.4 is 5.32 Å². The van der Waals surface area contributed by atoms with Crippen molar-refractivity contribution in [2.45, 2.75) is 32.6 Å². The van der Waals surface area contributed by atoms with Gasteiger partial charge in [0.05, 0.1) is 17.2 Å². The van der Waals surface area contributed by atoms with E-state index in [4.69, 9.17) is 10.00 Å². The van der Waals surface area contributed by atoms with Crippen LogP contribution in [-0.4, -0.2) is 6.23 Å². The fraction of sp³-hybridized carbons (Fsp3) is 0.278. The summed E-state index contributed by atoms with van der Waals surface area (Å²) in [4.78, 5) is 0. The summed E-state index contributed by atoms with van der Waals surface area (Å²) in [6, 6.07) is 12.2. The Labute approximate surface area is 129 Å². The van der Waals surface area contributed by atoms with Crippen LogP contribution in [0.2, 0.25) is 0 Å². The molecule has 0 saturated heterocycles. The molecule has 1 aliphatic rings. The van der Waals surface area contributed by atoms with E-state index in [-0.39, 0.29) is 6.23 Å². The fourth-order valence-electron chi connectivity index (χ4n) is 2.92. The topological polar surface area (TPSA) is 45.0 Å². The zero-order chi connectivity index (χ0) is 15.9. The number of nitrogens with one attached hydrogen (secondary N) is 1. The second-order valence-electron chi connectivity index (χ2n) is 6.02. The summed E-state index contributed by atoms with van der Waals surface area (Å²) in [7, 11) is 0. The zero-order valence-electron chi connectivity index (χ0n) is 12.8. The Morgan fingerprint density at radius 2 is 1.95 bits per heavy atom. The van der Waals surface area contributed by atoms with Crippen molar-refractivity contribution in [2.75, 3.05) is 5.32 Å². The van der Waals surface area contributed by atoms with Crippen LogP contribution in [0.25, 0.3) is 11.1 Å². The molecule has 1 unspecified atom stereocenters. The van der Waals surface area contributed by atoms with Crippen molar-refractivity contribution in [2.24, 2.45) is 0 Å². The summed E-state index contributed by atoms with van der Waals surface area (Å²) >= 11 is 0. The number of ether oxygens (including phenoxy) is 1. The molecule has 1 atom stereocenters. The molecule has 0 radical (unpaired) electrons. The third-order valence-corrected chi connectivity index (χ3v) is 3.86. The highest BCUT2D eigenvalue weighted by atomic mass is 19.1. The third kappa shape index (κ3) is 2.56. The molecule has 0 amide bonds. The number of hydrogen-bond acceptors (Lipinski definition) is 3. The molecular formula is C18H17FN2O. The number of anilines is 1. The summed E-state index contributed by atoms with van der Waals surface area (Å²) in [6.45, 7) is 5.99. The standard InChI is InChI=1S/C18H17FN2O/c1-11-21-17-5-4-13(9-16(17)18(2,3)22-11)14-6-12(10-20)7-15(19)8-14/h4-9,11,21H,1-3H3. The van der Waals surface area contributed by atoms with Gasteiger partial charge in [0.15, 0.2) is 0 Å². The normalized spacial score (nSPS) is 19.0. The minimum Gasteiger partial charge on any atom is -0.360 e. The number of nitrogens with zero attached hydrogens (tertiary/aromatic N) is 1. The van der Waals surface area contributed by atoms with Crippen molar-refractivity contribution >= 4 is 5.69 Å². The lowest BCUT2D eigenvalue weighted by atomic mass is 9.90. The Morgan fingerprint density at radius 3 is 2.68 bits per heavy atom. The molecule has 0 aliphatic carbocycles. The fourth-order valence-corrected chi connectivity index (χ4v) is 2.92. The van der Waals surface area contributed by atoms with Crippen LogP contribution in [0.3, 0.4) is 0 Å². The van der Waals surface area contributed by atoms with Crippen LogP contribution in [0.4, 0.5) is 10.1 Å². The molecule has 0 bridgehead atoms. The van der Waals surface area contributed by atoms with Gasteiger partial charge in [-0.05, 0) is 62.2 Å². The average Bonchev–Trinajstić information content (AvgIpc) is 2.45. The van der Waals surface area contributed by atoms with Crippen molar-refractivity contribution in [3.8, 4) is 17.2 Å². The Hall–Kier alpha value is -2.38. The molecule has 4 heteroatoms. The molecule has 2 aromatic rings. The van der Waals surface area contributed by atoms with E-state index in [2.05, 4.69) is 5.32 Å². The van der Waals surface area contributed by atoms with Crippen molar-refractivity contribution in [3.63, 3.8) is 0 Å². The highest BCUT2D eigenvalue weighted by Crippen LogP contribution is 2.39. The van der Waals surface area contributed by atoms with Crippen LogP contribution in [0.15, 0.2) is 36.4 Å². The predicted molar refractivity (Wildman–Crippen MR) is 83.7 cm³/mol. The van der Waals surface area contributed by atoms with Gasteiger partial charge < -0.3 is 10.1 Å². The summed E-state index contributed by atoms with van der Waals surface area (Å²) < 4.78 is 19.6. The average molecular weight is 296 g/mol. The number of nitriles is 1. The Balaban J connectivity index is 2.12. The van der Waals surface area contributed by atoms with Crippen LogP contribution >= 0.6 is 0 Å². The first kappa shape index (κ1) is 14.6. The molecule has 1 aliphatic heterocycles. The SMILES string of the molecule is CC1Nc2ccc(-c3cc(F)cc(C#N)c3)cc2C(C)(C)O1. The van der Waals surface area contributed by atoms with E-state index in [1.165, 1.54) is 12.1 Å². The molecule has 2 aromatic carbocycles. The quantitative estimate of drug-likeness (QED) is 0.849. The minimum atomic E-state index is -0.429. The van der Waals surface area contributed by atoms with Crippen molar-refractivity contribution in [1.82, 2.24) is 0 Å². The lowest BCUT2D eigenvalue weighted by Gasteiger charge is -2.38. The first-order valence-corrected chi connectivity index (χ1v) is 7.19. The number of benzene rings is 2. The lowest BCUT2D eigenvalue weighted by molar-refractivity contribution is -0.0632. The zero-order valence-corrected chi connectivity index (χ0v) is 12.8. The minimum absolute atomic E-state index is 0.0623. The van der Waals surface area contributed by atoms with Gasteiger partial charge in [-0.2, -0.15) is 5.26 Å². The van der Waals surface area contributed by atoms with E-state index >= 15 is 0 Å². The van der Waals surface area contributed by atoms with Crippen LogP contribution in [0.1, 0.15) is 31.9 Å². The van der Waals surface area contributed by atoms with Crippen molar-refractivity contribution in [3.05, 3.63) is 53.3 Å². The molecule has 112 valence electrons. The lowest BCUT2D eigenvalue weighted by Crippen LogP contribution is -2.37. The second-order valence-corrected chi connectivity index (χ2v) is 6.02. The van der Waals surface area contributed by atoms with Crippen LogP contribution in [0, 0.1) is 17.1 Å². The molecule has 0 saturated carbocycles. The molecule has 0 fully saturated rings. The Bertz CT molecular complexity index is 777. The summed E-state index contributed by atoms with van der Waals surface area (Å²) in [5.41, 5.74) is 3.48. The van der Waals surface area contributed by atoms with Gasteiger partial charge in [-0.25, -0.2) is 4.39 Å². The van der Waals surface area contributed by atoms with Crippen molar-refractivity contribution in [1.29, 1.82) is 5.26 Å². The van der Waals surface area contributed by atoms with E-state index in [0.717, 1.165) is 16.8 Å².